The van der Waals surface area contributed by atoms with Gasteiger partial charge in [-0.05, 0) is 30.4 Å². The van der Waals surface area contributed by atoms with Crippen molar-refractivity contribution < 1.29 is 9.53 Å². The third kappa shape index (κ3) is 3.05. The van der Waals surface area contributed by atoms with E-state index in [0.717, 1.165) is 10.9 Å². The molecule has 0 unspecified atom stereocenters. The van der Waals surface area contributed by atoms with E-state index in [1.54, 1.807) is 23.6 Å². The molecule has 6 nitrogen and oxygen atoms in total. The molecule has 2 aromatic heterocycles. The normalized spacial score (nSPS) is 16.3. The van der Waals surface area contributed by atoms with Crippen LogP contribution in [0.1, 0.15) is 43.0 Å². The first-order valence-corrected chi connectivity index (χ1v) is 9.42. The van der Waals surface area contributed by atoms with Crippen LogP contribution >= 0.6 is 0 Å². The van der Waals surface area contributed by atoms with Crippen molar-refractivity contribution in [2.45, 2.75) is 39.7 Å². The topological polar surface area (TPSA) is 81.2 Å². The molecule has 0 saturated heterocycles. The number of H-pyrrole nitrogens is 1. The molecule has 3 aromatic rings. The zero-order valence-electron chi connectivity index (χ0n) is 16.1. The summed E-state index contributed by atoms with van der Waals surface area (Å²) >= 11 is 0. The fraction of sp³-hybridized carbons (Fsp3) is 0.318. The van der Waals surface area contributed by atoms with Gasteiger partial charge >= 0.3 is 5.97 Å². The van der Waals surface area contributed by atoms with E-state index in [1.807, 2.05) is 24.3 Å². The molecule has 1 atom stereocenters. The number of esters is 1. The van der Waals surface area contributed by atoms with Gasteiger partial charge in [0.1, 0.15) is 5.75 Å². The highest BCUT2D eigenvalue weighted by atomic mass is 16.5. The highest BCUT2D eigenvalue weighted by Gasteiger charge is 2.33. The fourth-order valence-corrected chi connectivity index (χ4v) is 3.93. The van der Waals surface area contributed by atoms with E-state index in [1.165, 1.54) is 0 Å². The molecule has 0 saturated carbocycles. The molecule has 6 heteroatoms. The Morgan fingerprint density at radius 3 is 2.68 bits per heavy atom. The van der Waals surface area contributed by atoms with Crippen molar-refractivity contribution >= 4 is 16.9 Å². The quantitative estimate of drug-likeness (QED) is 0.710. The van der Waals surface area contributed by atoms with E-state index in [-0.39, 0.29) is 29.2 Å². The van der Waals surface area contributed by atoms with Gasteiger partial charge in [0.25, 0.3) is 11.1 Å². The number of hydrogen-bond donors (Lipinski definition) is 1. The van der Waals surface area contributed by atoms with Crippen LogP contribution in [0.4, 0.5) is 0 Å². The van der Waals surface area contributed by atoms with Crippen molar-refractivity contribution in [3.8, 4) is 5.75 Å². The number of rotatable bonds is 3. The van der Waals surface area contributed by atoms with E-state index in [9.17, 15) is 14.4 Å². The molecule has 0 aliphatic carbocycles. The molecule has 0 fully saturated rings. The summed E-state index contributed by atoms with van der Waals surface area (Å²) < 4.78 is 7.05. The zero-order chi connectivity index (χ0) is 20.0. The Hall–Kier alpha value is -3.15. The molecule has 144 valence electrons. The molecule has 1 N–H and O–H groups in total. The van der Waals surface area contributed by atoms with E-state index < -0.39 is 11.9 Å². The summed E-state index contributed by atoms with van der Waals surface area (Å²) in [6.07, 6.45) is -0.0333. The van der Waals surface area contributed by atoms with Crippen molar-refractivity contribution in [3.05, 3.63) is 73.9 Å². The van der Waals surface area contributed by atoms with Gasteiger partial charge in [-0.3, -0.25) is 14.4 Å². The summed E-state index contributed by atoms with van der Waals surface area (Å²) in [5.74, 6) is -0.557. The summed E-state index contributed by atoms with van der Waals surface area (Å²) in [6, 6.07) is 11.1. The molecule has 4 rings (SSSR count). The van der Waals surface area contributed by atoms with E-state index >= 15 is 0 Å². The smallest absolute Gasteiger partial charge is 0.312 e. The first kappa shape index (κ1) is 18.2. The number of pyridine rings is 2. The Labute approximate surface area is 161 Å². The maximum atomic E-state index is 13.4. The number of aromatic amines is 1. The molecular formula is C22H22N2O4. The minimum atomic E-state index is -0.629. The second-order valence-corrected chi connectivity index (χ2v) is 7.76. The number of carbonyl (C=O) groups is 1. The lowest BCUT2D eigenvalue weighted by Crippen LogP contribution is -2.34. The third-order valence-electron chi connectivity index (χ3n) is 5.07. The van der Waals surface area contributed by atoms with Crippen LogP contribution in [-0.2, 0) is 11.3 Å². The second kappa shape index (κ2) is 6.78. The molecule has 1 aliphatic rings. The minimum Gasteiger partial charge on any atom is -0.426 e. The fourth-order valence-electron chi connectivity index (χ4n) is 3.93. The summed E-state index contributed by atoms with van der Waals surface area (Å²) in [5.41, 5.74) is 1.75. The highest BCUT2D eigenvalue weighted by Crippen LogP contribution is 2.36. The number of aromatic nitrogens is 2. The largest absolute Gasteiger partial charge is 0.426 e. The number of ether oxygens (including phenoxy) is 1. The summed E-state index contributed by atoms with van der Waals surface area (Å²) in [5, 5.41) is 0.904. The lowest BCUT2D eigenvalue weighted by atomic mass is 9.87. The number of benzene rings is 1. The summed E-state index contributed by atoms with van der Waals surface area (Å²) in [4.78, 5) is 41.1. The number of aryl methyl sites for hydroxylation is 1. The van der Waals surface area contributed by atoms with Crippen LogP contribution in [0.5, 0.6) is 5.75 Å². The average molecular weight is 378 g/mol. The summed E-state index contributed by atoms with van der Waals surface area (Å²) in [6.45, 7) is 6.38. The van der Waals surface area contributed by atoms with Crippen molar-refractivity contribution in [1.29, 1.82) is 0 Å². The van der Waals surface area contributed by atoms with Gasteiger partial charge in [-0.15, -0.1) is 0 Å². The maximum absolute atomic E-state index is 13.4. The van der Waals surface area contributed by atoms with Crippen molar-refractivity contribution in [3.63, 3.8) is 0 Å². The second-order valence-electron chi connectivity index (χ2n) is 7.76. The number of hydrogen-bond acceptors (Lipinski definition) is 4. The first-order valence-electron chi connectivity index (χ1n) is 9.42. The Kier molecular flexibility index (Phi) is 4.41. The minimum absolute atomic E-state index is 0.0333. The van der Waals surface area contributed by atoms with Crippen LogP contribution in [0.2, 0.25) is 0 Å². The number of nitrogens with zero attached hydrogens (tertiary/aromatic N) is 1. The first-order chi connectivity index (χ1) is 13.3. The Bertz CT molecular complexity index is 1200. The van der Waals surface area contributed by atoms with E-state index in [0.29, 0.717) is 23.4 Å². The lowest BCUT2D eigenvalue weighted by molar-refractivity contribution is -0.135. The van der Waals surface area contributed by atoms with Crippen LogP contribution in [0, 0.1) is 12.8 Å². The molecule has 0 spiro atoms. The maximum Gasteiger partial charge on any atom is 0.312 e. The average Bonchev–Trinajstić information content (AvgIpc) is 2.62. The lowest BCUT2D eigenvalue weighted by Gasteiger charge is -2.25. The molecule has 1 aromatic carbocycles. The van der Waals surface area contributed by atoms with Crippen molar-refractivity contribution in [2.75, 3.05) is 0 Å². The number of para-hydroxylation sites is 1. The van der Waals surface area contributed by atoms with Gasteiger partial charge in [-0.25, -0.2) is 0 Å². The molecule has 0 bridgehead atoms. The Morgan fingerprint density at radius 1 is 1.18 bits per heavy atom. The SMILES string of the molecule is Cc1cc2c(c(=O)[nH]1)[C@@H](c1cc3ccccc3n(CC(C)C)c1=O)CC(=O)O2. The van der Waals surface area contributed by atoms with Gasteiger partial charge in [0.05, 0.1) is 17.5 Å². The van der Waals surface area contributed by atoms with E-state index in [4.69, 9.17) is 4.74 Å². The zero-order valence-corrected chi connectivity index (χ0v) is 16.1. The molecule has 3 heterocycles. The third-order valence-corrected chi connectivity index (χ3v) is 5.07. The van der Waals surface area contributed by atoms with Gasteiger partial charge in [0.2, 0.25) is 0 Å². The van der Waals surface area contributed by atoms with Crippen molar-refractivity contribution in [1.82, 2.24) is 9.55 Å². The molecule has 28 heavy (non-hydrogen) atoms. The van der Waals surface area contributed by atoms with Gasteiger partial charge in [-0.2, -0.15) is 0 Å². The number of fused-ring (bicyclic) bond motifs is 2. The molecule has 0 radical (unpaired) electrons. The molecular weight excluding hydrogens is 356 g/mol. The van der Waals surface area contributed by atoms with Gasteiger partial charge in [0, 0.05) is 29.8 Å². The molecule has 1 aliphatic heterocycles. The Morgan fingerprint density at radius 2 is 1.93 bits per heavy atom. The van der Waals surface area contributed by atoms with Crippen LogP contribution in [0.3, 0.4) is 0 Å². The van der Waals surface area contributed by atoms with Gasteiger partial charge in [-0.1, -0.05) is 32.0 Å². The number of carbonyl (C=O) groups excluding carboxylic acids is 1. The predicted octanol–water partition coefficient (Wildman–Crippen LogP) is 3.10. The van der Waals surface area contributed by atoms with Crippen LogP contribution in [0.15, 0.2) is 46.0 Å². The number of nitrogens with one attached hydrogen (secondary N) is 1. The summed E-state index contributed by atoms with van der Waals surface area (Å²) in [7, 11) is 0. The van der Waals surface area contributed by atoms with Crippen LogP contribution < -0.4 is 15.9 Å². The van der Waals surface area contributed by atoms with Gasteiger partial charge < -0.3 is 14.3 Å². The standard InChI is InChI=1S/C22H22N2O4/c1-12(2)11-24-17-7-5-4-6-14(17)9-16(22(24)27)15-10-19(25)28-18-8-13(3)23-21(26)20(15)18/h4-9,12,15H,10-11H2,1-3H3,(H,23,26)/t15-/m1/s1. The molecule has 0 amide bonds. The predicted molar refractivity (Wildman–Crippen MR) is 107 cm³/mol. The van der Waals surface area contributed by atoms with Crippen molar-refractivity contribution in [2.24, 2.45) is 5.92 Å². The highest BCUT2D eigenvalue weighted by molar-refractivity contribution is 5.81. The van der Waals surface area contributed by atoms with Crippen LogP contribution in [-0.4, -0.2) is 15.5 Å². The Balaban J connectivity index is 2.01. The monoisotopic (exact) mass is 378 g/mol. The van der Waals surface area contributed by atoms with Gasteiger partial charge in [0.15, 0.2) is 0 Å². The van der Waals surface area contributed by atoms with E-state index in [2.05, 4.69) is 18.8 Å². The van der Waals surface area contributed by atoms with Crippen LogP contribution in [0.25, 0.3) is 10.9 Å².